The van der Waals surface area contributed by atoms with E-state index in [0.29, 0.717) is 39.3 Å². The number of nitrogens with zero attached hydrogens (tertiary/aromatic N) is 2. The molecule has 0 atom stereocenters. The van der Waals surface area contributed by atoms with Gasteiger partial charge in [-0.2, -0.15) is 0 Å². The maximum absolute atomic E-state index is 12.6. The van der Waals surface area contributed by atoms with Crippen molar-refractivity contribution in [1.82, 2.24) is 20.2 Å². The molecule has 0 saturated carbocycles. The third-order valence-corrected chi connectivity index (χ3v) is 6.98. The lowest BCUT2D eigenvalue weighted by Crippen LogP contribution is -2.41. The Morgan fingerprint density at radius 3 is 2.86 bits per heavy atom. The molecule has 36 heavy (non-hydrogen) atoms. The Hall–Kier alpha value is -3.97. The number of rotatable bonds is 4. The topological polar surface area (TPSA) is 87.3 Å². The van der Waals surface area contributed by atoms with Gasteiger partial charge < -0.3 is 19.9 Å². The number of H-pyrrole nitrogens is 1. The van der Waals surface area contributed by atoms with Crippen molar-refractivity contribution in [2.75, 3.05) is 32.8 Å². The molecule has 182 valence electrons. The number of ether oxygens (including phenoxy) is 1. The summed E-state index contributed by atoms with van der Waals surface area (Å²) in [6.07, 6.45) is 8.15. The summed E-state index contributed by atoms with van der Waals surface area (Å²) < 4.78 is 5.35. The van der Waals surface area contributed by atoms with E-state index in [1.165, 1.54) is 0 Å². The molecule has 2 aliphatic rings. The number of amides is 2. The lowest BCUT2D eigenvalue weighted by Gasteiger charge is -2.26. The predicted octanol–water partition coefficient (Wildman–Crippen LogP) is 3.96. The molecule has 2 aromatic heterocycles. The van der Waals surface area contributed by atoms with Crippen LogP contribution in [0.3, 0.4) is 0 Å². The van der Waals surface area contributed by atoms with Crippen molar-refractivity contribution in [2.24, 2.45) is 0 Å². The van der Waals surface area contributed by atoms with E-state index in [9.17, 15) is 9.59 Å². The van der Waals surface area contributed by atoms with Crippen LogP contribution in [-0.2, 0) is 22.4 Å². The van der Waals surface area contributed by atoms with E-state index < -0.39 is 0 Å². The SMILES string of the molecule is O=C1NCCCc2nc3c(ccc4c[nH]c(/C=C/c5cccc(CC(=O)N6CCOCC6)c5)cc43)c21. The Bertz CT molecular complexity index is 1500. The summed E-state index contributed by atoms with van der Waals surface area (Å²) in [5.74, 6) is 0.111. The average molecular weight is 481 g/mol. The Morgan fingerprint density at radius 2 is 1.97 bits per heavy atom. The molecule has 0 spiro atoms. The van der Waals surface area contributed by atoms with Gasteiger partial charge in [0.1, 0.15) is 0 Å². The summed E-state index contributed by atoms with van der Waals surface area (Å²) in [6, 6.07) is 14.2. The predicted molar refractivity (Wildman–Crippen MR) is 141 cm³/mol. The molecule has 1 saturated heterocycles. The maximum atomic E-state index is 12.6. The largest absolute Gasteiger partial charge is 0.378 e. The van der Waals surface area contributed by atoms with Gasteiger partial charge in [-0.25, -0.2) is 0 Å². The number of fused-ring (bicyclic) bond motifs is 5. The first-order chi connectivity index (χ1) is 17.7. The number of aromatic amines is 1. The Kier molecular flexibility index (Phi) is 5.99. The highest BCUT2D eigenvalue weighted by Crippen LogP contribution is 2.31. The zero-order valence-electron chi connectivity index (χ0n) is 20.0. The van der Waals surface area contributed by atoms with E-state index in [0.717, 1.165) is 62.6 Å². The number of carbonyl (C=O) groups is 2. The summed E-state index contributed by atoms with van der Waals surface area (Å²) >= 11 is 0. The minimum absolute atomic E-state index is 0.0288. The number of benzene rings is 2. The molecule has 7 heteroatoms. The van der Waals surface area contributed by atoms with E-state index in [4.69, 9.17) is 9.72 Å². The van der Waals surface area contributed by atoms with Crippen LogP contribution in [-0.4, -0.2) is 59.5 Å². The average Bonchev–Trinajstić information content (AvgIpc) is 3.19. The molecule has 0 bridgehead atoms. The van der Waals surface area contributed by atoms with Crippen LogP contribution in [0.15, 0.2) is 48.7 Å². The second-order valence-electron chi connectivity index (χ2n) is 9.39. The molecule has 4 heterocycles. The number of pyridine rings is 1. The highest BCUT2D eigenvalue weighted by Gasteiger charge is 2.22. The van der Waals surface area contributed by atoms with Crippen LogP contribution in [0.4, 0.5) is 0 Å². The zero-order valence-corrected chi connectivity index (χ0v) is 20.0. The number of hydrogen-bond donors (Lipinski definition) is 2. The molecule has 2 amide bonds. The van der Waals surface area contributed by atoms with Gasteiger partial charge in [0.05, 0.1) is 36.4 Å². The van der Waals surface area contributed by atoms with Crippen molar-refractivity contribution >= 4 is 45.6 Å². The van der Waals surface area contributed by atoms with Crippen LogP contribution in [0.5, 0.6) is 0 Å². The van der Waals surface area contributed by atoms with Gasteiger partial charge >= 0.3 is 0 Å². The normalized spacial score (nSPS) is 16.3. The summed E-state index contributed by atoms with van der Waals surface area (Å²) in [4.78, 5) is 35.4. The first-order valence-electron chi connectivity index (χ1n) is 12.5. The minimum atomic E-state index is -0.0288. The van der Waals surface area contributed by atoms with Gasteiger partial charge in [-0.15, -0.1) is 0 Å². The van der Waals surface area contributed by atoms with Crippen LogP contribution in [0.1, 0.15) is 39.3 Å². The lowest BCUT2D eigenvalue weighted by molar-refractivity contribution is -0.134. The smallest absolute Gasteiger partial charge is 0.253 e. The highest BCUT2D eigenvalue weighted by molar-refractivity contribution is 6.15. The second kappa shape index (κ2) is 9.59. The Labute approximate surface area is 209 Å². The molecule has 6 rings (SSSR count). The van der Waals surface area contributed by atoms with E-state index >= 15 is 0 Å². The van der Waals surface area contributed by atoms with Crippen molar-refractivity contribution in [3.05, 3.63) is 76.7 Å². The highest BCUT2D eigenvalue weighted by atomic mass is 16.5. The van der Waals surface area contributed by atoms with Crippen LogP contribution >= 0.6 is 0 Å². The van der Waals surface area contributed by atoms with Crippen LogP contribution < -0.4 is 5.32 Å². The van der Waals surface area contributed by atoms with Crippen LogP contribution in [0, 0.1) is 0 Å². The van der Waals surface area contributed by atoms with E-state index in [2.05, 4.69) is 22.4 Å². The zero-order chi connectivity index (χ0) is 24.5. The maximum Gasteiger partial charge on any atom is 0.253 e. The molecule has 2 aromatic carbocycles. The molecule has 1 fully saturated rings. The number of morpholine rings is 1. The van der Waals surface area contributed by atoms with Gasteiger partial charge in [0, 0.05) is 42.3 Å². The van der Waals surface area contributed by atoms with E-state index in [1.807, 2.05) is 53.6 Å². The van der Waals surface area contributed by atoms with Gasteiger partial charge in [0.15, 0.2) is 0 Å². The van der Waals surface area contributed by atoms with Gasteiger partial charge in [-0.1, -0.05) is 42.5 Å². The third kappa shape index (κ3) is 4.38. The van der Waals surface area contributed by atoms with Crippen molar-refractivity contribution in [2.45, 2.75) is 19.3 Å². The van der Waals surface area contributed by atoms with Crippen molar-refractivity contribution in [1.29, 1.82) is 0 Å². The molecule has 0 radical (unpaired) electrons. The van der Waals surface area contributed by atoms with Gasteiger partial charge in [0.25, 0.3) is 5.91 Å². The fraction of sp³-hybridized carbons (Fsp3) is 0.276. The van der Waals surface area contributed by atoms with Crippen LogP contribution in [0.2, 0.25) is 0 Å². The number of carbonyl (C=O) groups excluding carboxylic acids is 2. The van der Waals surface area contributed by atoms with Gasteiger partial charge in [-0.3, -0.25) is 14.6 Å². The first-order valence-corrected chi connectivity index (χ1v) is 12.5. The van der Waals surface area contributed by atoms with Crippen molar-refractivity contribution < 1.29 is 14.3 Å². The molecule has 0 unspecified atom stereocenters. The lowest BCUT2D eigenvalue weighted by atomic mass is 10.0. The third-order valence-electron chi connectivity index (χ3n) is 6.98. The second-order valence-corrected chi connectivity index (χ2v) is 9.39. The fourth-order valence-corrected chi connectivity index (χ4v) is 5.10. The fourth-order valence-electron chi connectivity index (χ4n) is 5.10. The molecule has 2 aliphatic heterocycles. The monoisotopic (exact) mass is 480 g/mol. The Morgan fingerprint density at radius 1 is 1.08 bits per heavy atom. The molecular formula is C29H28N4O3. The summed E-state index contributed by atoms with van der Waals surface area (Å²) in [7, 11) is 0. The standard InChI is InChI=1S/C29H28N4O3/c34-26(33-11-13-36-14-12-33)16-20-4-1-3-19(15-20)6-8-22-17-24-21(18-31-22)7-9-23-27-25(32-28(23)24)5-2-10-30-29(27)35/h1,3-4,6-9,15,17-18,31H,2,5,10-14,16H2,(H,30,35)/b8-6+. The summed E-state index contributed by atoms with van der Waals surface area (Å²) in [5, 5.41) is 5.98. The number of aryl methyl sites for hydroxylation is 1. The molecule has 4 aromatic rings. The van der Waals surface area contributed by atoms with Crippen LogP contribution in [0.25, 0.3) is 33.8 Å². The van der Waals surface area contributed by atoms with Gasteiger partial charge in [0.2, 0.25) is 5.91 Å². The van der Waals surface area contributed by atoms with Crippen molar-refractivity contribution in [3.63, 3.8) is 0 Å². The first kappa shape index (κ1) is 22.5. The number of nitrogens with one attached hydrogen (secondary N) is 2. The molecular weight excluding hydrogens is 452 g/mol. The van der Waals surface area contributed by atoms with Gasteiger partial charge in [-0.05, 0) is 41.5 Å². The molecule has 0 aliphatic carbocycles. The minimum Gasteiger partial charge on any atom is -0.378 e. The summed E-state index contributed by atoms with van der Waals surface area (Å²) in [5.41, 5.74) is 5.45. The van der Waals surface area contributed by atoms with E-state index in [1.54, 1.807) is 0 Å². The Balaban J connectivity index is 1.27. The number of hydrogen-bond acceptors (Lipinski definition) is 4. The summed E-state index contributed by atoms with van der Waals surface area (Å²) in [6.45, 7) is 3.24. The molecule has 2 N–H and O–H groups in total. The van der Waals surface area contributed by atoms with E-state index in [-0.39, 0.29) is 11.8 Å². The van der Waals surface area contributed by atoms with Crippen molar-refractivity contribution in [3.8, 4) is 0 Å². The molecule has 7 nitrogen and oxygen atoms in total. The number of aromatic nitrogens is 2. The quantitative estimate of drug-likeness (QED) is 0.463.